The van der Waals surface area contributed by atoms with Crippen molar-refractivity contribution in [1.29, 1.82) is 0 Å². The van der Waals surface area contributed by atoms with Crippen molar-refractivity contribution >= 4 is 17.7 Å². The van der Waals surface area contributed by atoms with Crippen LogP contribution in [0.4, 0.5) is 0 Å². The molecule has 2 heterocycles. The van der Waals surface area contributed by atoms with Crippen molar-refractivity contribution in [1.82, 2.24) is 15.5 Å². The van der Waals surface area contributed by atoms with E-state index in [0.29, 0.717) is 29.3 Å². The SMILES string of the molecule is CC[C@@H](CNC(=O)[C@@H](C)Sc1nnc(-c2ccoc2C)o1)c1ccccc1. The summed E-state index contributed by atoms with van der Waals surface area (Å²) in [6.45, 7) is 6.39. The lowest BCUT2D eigenvalue weighted by molar-refractivity contribution is -0.120. The molecule has 0 aliphatic rings. The van der Waals surface area contributed by atoms with E-state index in [2.05, 4.69) is 34.6 Å². The third kappa shape index (κ3) is 4.80. The number of furan rings is 1. The Balaban J connectivity index is 1.55. The zero-order valence-electron chi connectivity index (χ0n) is 15.6. The average Bonchev–Trinajstić information content (AvgIpc) is 3.31. The van der Waals surface area contributed by atoms with Crippen molar-refractivity contribution in [2.45, 2.75) is 43.6 Å². The van der Waals surface area contributed by atoms with Crippen LogP contribution in [0.5, 0.6) is 0 Å². The summed E-state index contributed by atoms with van der Waals surface area (Å²) < 4.78 is 10.9. The number of nitrogens with zero attached hydrogens (tertiary/aromatic N) is 2. The van der Waals surface area contributed by atoms with Crippen molar-refractivity contribution in [2.24, 2.45) is 0 Å². The van der Waals surface area contributed by atoms with E-state index in [1.807, 2.05) is 32.0 Å². The number of carbonyl (C=O) groups is 1. The number of rotatable bonds is 8. The topological polar surface area (TPSA) is 81.2 Å². The minimum atomic E-state index is -0.336. The van der Waals surface area contributed by atoms with Gasteiger partial charge in [0.15, 0.2) is 0 Å². The van der Waals surface area contributed by atoms with E-state index in [9.17, 15) is 4.79 Å². The number of carbonyl (C=O) groups excluding carboxylic acids is 1. The van der Waals surface area contributed by atoms with Crippen molar-refractivity contribution in [3.63, 3.8) is 0 Å². The summed E-state index contributed by atoms with van der Waals surface area (Å²) in [5.41, 5.74) is 2.00. The lowest BCUT2D eigenvalue weighted by atomic mass is 9.96. The number of benzene rings is 1. The van der Waals surface area contributed by atoms with Crippen LogP contribution < -0.4 is 5.32 Å². The smallest absolute Gasteiger partial charge is 0.277 e. The van der Waals surface area contributed by atoms with Crippen molar-refractivity contribution in [3.8, 4) is 11.5 Å². The monoisotopic (exact) mass is 385 g/mol. The van der Waals surface area contributed by atoms with Crippen LogP contribution in [0, 0.1) is 6.92 Å². The molecule has 0 saturated heterocycles. The van der Waals surface area contributed by atoms with Crippen molar-refractivity contribution < 1.29 is 13.6 Å². The molecular weight excluding hydrogens is 362 g/mol. The quantitative estimate of drug-likeness (QED) is 0.578. The second-order valence-corrected chi connectivity index (χ2v) is 7.58. The summed E-state index contributed by atoms with van der Waals surface area (Å²) in [6.07, 6.45) is 2.54. The molecule has 0 unspecified atom stereocenters. The van der Waals surface area contributed by atoms with Crippen LogP contribution >= 0.6 is 11.8 Å². The number of hydrogen-bond acceptors (Lipinski definition) is 6. The van der Waals surface area contributed by atoms with Crippen LogP contribution in [0.15, 0.2) is 56.7 Å². The molecule has 2 aromatic heterocycles. The van der Waals surface area contributed by atoms with E-state index in [-0.39, 0.29) is 11.2 Å². The zero-order chi connectivity index (χ0) is 19.2. The Morgan fingerprint density at radius 2 is 2.00 bits per heavy atom. The molecule has 0 aliphatic heterocycles. The third-order valence-electron chi connectivity index (χ3n) is 4.43. The molecule has 0 aliphatic carbocycles. The second-order valence-electron chi connectivity index (χ2n) is 6.28. The Kier molecular flexibility index (Phi) is 6.34. The number of thioether (sulfide) groups is 1. The number of aromatic nitrogens is 2. The van der Waals surface area contributed by atoms with Crippen LogP contribution in [0.1, 0.15) is 37.5 Å². The number of hydrogen-bond donors (Lipinski definition) is 1. The van der Waals surface area contributed by atoms with Gasteiger partial charge < -0.3 is 14.2 Å². The summed E-state index contributed by atoms with van der Waals surface area (Å²) in [7, 11) is 0. The first-order chi connectivity index (χ1) is 13.1. The van der Waals surface area contributed by atoms with Gasteiger partial charge in [-0.05, 0) is 31.9 Å². The number of nitrogens with one attached hydrogen (secondary N) is 1. The van der Waals surface area contributed by atoms with E-state index in [4.69, 9.17) is 8.83 Å². The molecule has 0 spiro atoms. The molecular formula is C20H23N3O3S. The molecule has 0 radical (unpaired) electrons. The van der Waals surface area contributed by atoms with E-state index in [1.165, 1.54) is 17.3 Å². The predicted molar refractivity (Wildman–Crippen MR) is 105 cm³/mol. The highest BCUT2D eigenvalue weighted by Crippen LogP contribution is 2.28. The van der Waals surface area contributed by atoms with Crippen LogP contribution in [-0.4, -0.2) is 27.9 Å². The maximum Gasteiger partial charge on any atom is 0.277 e. The molecule has 3 aromatic rings. The lowest BCUT2D eigenvalue weighted by Crippen LogP contribution is -2.34. The number of aryl methyl sites for hydroxylation is 1. The maximum atomic E-state index is 12.5. The predicted octanol–water partition coefficient (Wildman–Crippen LogP) is 4.43. The van der Waals surface area contributed by atoms with Gasteiger partial charge in [-0.2, -0.15) is 0 Å². The molecule has 0 saturated carbocycles. The Hall–Kier alpha value is -2.54. The molecule has 0 bridgehead atoms. The molecule has 7 heteroatoms. The molecule has 142 valence electrons. The minimum absolute atomic E-state index is 0.0476. The van der Waals surface area contributed by atoms with E-state index in [1.54, 1.807) is 12.3 Å². The van der Waals surface area contributed by atoms with Crippen LogP contribution in [0.25, 0.3) is 11.5 Å². The van der Waals surface area contributed by atoms with Crippen LogP contribution in [-0.2, 0) is 4.79 Å². The zero-order valence-corrected chi connectivity index (χ0v) is 16.5. The minimum Gasteiger partial charge on any atom is -0.469 e. The Labute approximate surface area is 162 Å². The summed E-state index contributed by atoms with van der Waals surface area (Å²) in [4.78, 5) is 12.5. The molecule has 1 aromatic carbocycles. The van der Waals surface area contributed by atoms with Gasteiger partial charge in [0.05, 0.1) is 17.1 Å². The van der Waals surface area contributed by atoms with Crippen molar-refractivity contribution in [2.75, 3.05) is 6.54 Å². The highest BCUT2D eigenvalue weighted by molar-refractivity contribution is 8.00. The summed E-state index contributed by atoms with van der Waals surface area (Å²) in [6, 6.07) is 12.0. The second kappa shape index (κ2) is 8.90. The highest BCUT2D eigenvalue weighted by Gasteiger charge is 2.20. The fourth-order valence-corrected chi connectivity index (χ4v) is 3.48. The van der Waals surface area contributed by atoms with Gasteiger partial charge in [0.25, 0.3) is 11.1 Å². The Morgan fingerprint density at radius 3 is 2.67 bits per heavy atom. The van der Waals surface area contributed by atoms with Gasteiger partial charge in [-0.3, -0.25) is 4.79 Å². The highest BCUT2D eigenvalue weighted by atomic mass is 32.2. The van der Waals surface area contributed by atoms with E-state index < -0.39 is 0 Å². The summed E-state index contributed by atoms with van der Waals surface area (Å²) in [5.74, 6) is 1.36. The number of amides is 1. The van der Waals surface area contributed by atoms with Crippen LogP contribution in [0.2, 0.25) is 0 Å². The lowest BCUT2D eigenvalue weighted by Gasteiger charge is -2.17. The third-order valence-corrected chi connectivity index (χ3v) is 5.36. The molecule has 1 N–H and O–H groups in total. The summed E-state index contributed by atoms with van der Waals surface area (Å²) >= 11 is 1.25. The van der Waals surface area contributed by atoms with Gasteiger partial charge in [0.2, 0.25) is 5.91 Å². The van der Waals surface area contributed by atoms with Gasteiger partial charge in [-0.25, -0.2) is 0 Å². The first-order valence-corrected chi connectivity index (χ1v) is 9.83. The molecule has 1 amide bonds. The standard InChI is InChI=1S/C20H23N3O3S/c1-4-15(16-8-6-5-7-9-16)12-21-18(24)14(3)27-20-23-22-19(26-20)17-10-11-25-13(17)2/h5-11,14-15H,4,12H2,1-3H3,(H,21,24)/t14-,15+/m1/s1. The Morgan fingerprint density at radius 1 is 1.22 bits per heavy atom. The van der Waals surface area contributed by atoms with Crippen LogP contribution in [0.3, 0.4) is 0 Å². The molecule has 6 nitrogen and oxygen atoms in total. The molecule has 27 heavy (non-hydrogen) atoms. The normalized spacial score (nSPS) is 13.3. The molecule has 3 rings (SSSR count). The van der Waals surface area contributed by atoms with Gasteiger partial charge in [-0.15, -0.1) is 10.2 Å². The fourth-order valence-electron chi connectivity index (χ4n) is 2.77. The maximum absolute atomic E-state index is 12.5. The van der Waals surface area contributed by atoms with Gasteiger partial charge in [0.1, 0.15) is 5.76 Å². The molecule has 2 atom stereocenters. The molecule has 0 fully saturated rings. The largest absolute Gasteiger partial charge is 0.469 e. The van der Waals surface area contributed by atoms with Gasteiger partial charge in [-0.1, -0.05) is 49.0 Å². The fraction of sp³-hybridized carbons (Fsp3) is 0.350. The van der Waals surface area contributed by atoms with Gasteiger partial charge in [0, 0.05) is 12.5 Å². The first-order valence-electron chi connectivity index (χ1n) is 8.95. The average molecular weight is 385 g/mol. The van der Waals surface area contributed by atoms with Crippen molar-refractivity contribution in [3.05, 3.63) is 54.0 Å². The first kappa shape index (κ1) is 19.2. The Bertz CT molecular complexity index is 875. The van der Waals surface area contributed by atoms with E-state index >= 15 is 0 Å². The van der Waals surface area contributed by atoms with Gasteiger partial charge >= 0.3 is 0 Å². The van der Waals surface area contributed by atoms with E-state index in [0.717, 1.165) is 12.0 Å². The summed E-state index contributed by atoms with van der Waals surface area (Å²) in [5, 5.41) is 11.1.